The van der Waals surface area contributed by atoms with Gasteiger partial charge in [0.1, 0.15) is 0 Å². The van der Waals surface area contributed by atoms with E-state index in [1.54, 1.807) is 6.08 Å². The molecule has 2 heterocycles. The van der Waals surface area contributed by atoms with E-state index in [-0.39, 0.29) is 5.41 Å². The molecule has 0 saturated carbocycles. The fourth-order valence-corrected chi connectivity index (χ4v) is 2.57. The Balaban J connectivity index is 2.56. The van der Waals surface area contributed by atoms with Crippen LogP contribution in [-0.4, -0.2) is 9.97 Å². The molecule has 2 rings (SSSR count). The summed E-state index contributed by atoms with van der Waals surface area (Å²) in [6.45, 7) is 10.2. The van der Waals surface area contributed by atoms with Gasteiger partial charge in [-0.2, -0.15) is 0 Å². The summed E-state index contributed by atoms with van der Waals surface area (Å²) in [5, 5.41) is 0. The highest BCUT2D eigenvalue weighted by molar-refractivity contribution is 5.42. The number of aromatic nitrogens is 2. The van der Waals surface area contributed by atoms with Crippen LogP contribution in [0.3, 0.4) is 0 Å². The number of hydrogen-bond donors (Lipinski definition) is 0. The average Bonchev–Trinajstić information content (AvgIpc) is 2.62. The number of nitrogens with zero attached hydrogens (tertiary/aromatic N) is 2. The van der Waals surface area contributed by atoms with E-state index in [0.29, 0.717) is 0 Å². The minimum atomic E-state index is -0.362. The maximum Gasteiger partial charge on any atom is 0.0728 e. The molecule has 23 heavy (non-hydrogen) atoms. The van der Waals surface area contributed by atoms with Gasteiger partial charge in [-0.25, -0.2) is 0 Å². The first-order valence-corrected chi connectivity index (χ1v) is 7.96. The van der Waals surface area contributed by atoms with Crippen molar-refractivity contribution in [2.45, 2.75) is 32.6 Å². The minimum Gasteiger partial charge on any atom is -0.260 e. The fourth-order valence-electron chi connectivity index (χ4n) is 2.57. The number of rotatable bonds is 6. The van der Waals surface area contributed by atoms with E-state index in [4.69, 9.17) is 4.98 Å². The topological polar surface area (TPSA) is 25.8 Å². The van der Waals surface area contributed by atoms with Gasteiger partial charge in [0.05, 0.1) is 16.8 Å². The molecule has 0 aliphatic rings. The Labute approximate surface area is 139 Å². The number of pyridine rings is 2. The first-order valence-electron chi connectivity index (χ1n) is 7.96. The van der Waals surface area contributed by atoms with Crippen LogP contribution >= 0.6 is 0 Å². The lowest BCUT2D eigenvalue weighted by molar-refractivity contribution is 0.625. The van der Waals surface area contributed by atoms with Gasteiger partial charge in [-0.05, 0) is 44.0 Å². The van der Waals surface area contributed by atoms with Crippen molar-refractivity contribution in [3.8, 4) is 0 Å². The Bertz CT molecular complexity index is 696. The third kappa shape index (κ3) is 3.65. The second-order valence-electron chi connectivity index (χ2n) is 5.72. The van der Waals surface area contributed by atoms with Crippen LogP contribution in [0.15, 0.2) is 79.2 Å². The van der Waals surface area contributed by atoms with E-state index < -0.39 is 0 Å². The van der Waals surface area contributed by atoms with Crippen LogP contribution in [0.4, 0.5) is 0 Å². The van der Waals surface area contributed by atoms with Crippen molar-refractivity contribution in [1.29, 1.82) is 0 Å². The number of allylic oxidation sites excluding steroid dienone is 5. The van der Waals surface area contributed by atoms with Crippen LogP contribution in [0.1, 0.15) is 37.7 Å². The zero-order chi connectivity index (χ0) is 16.7. The smallest absolute Gasteiger partial charge is 0.0728 e. The largest absolute Gasteiger partial charge is 0.260 e. The van der Waals surface area contributed by atoms with Crippen molar-refractivity contribution in [2.24, 2.45) is 0 Å². The van der Waals surface area contributed by atoms with Crippen LogP contribution in [0, 0.1) is 0 Å². The van der Waals surface area contributed by atoms with E-state index in [1.165, 1.54) is 11.1 Å². The molecule has 0 N–H and O–H groups in total. The van der Waals surface area contributed by atoms with E-state index in [9.17, 15) is 0 Å². The van der Waals surface area contributed by atoms with Gasteiger partial charge < -0.3 is 0 Å². The van der Waals surface area contributed by atoms with Crippen molar-refractivity contribution in [2.75, 3.05) is 0 Å². The molecule has 0 aromatic carbocycles. The Morgan fingerprint density at radius 2 is 1.91 bits per heavy atom. The molecule has 118 valence electrons. The summed E-state index contributed by atoms with van der Waals surface area (Å²) in [5.74, 6) is 0. The highest BCUT2D eigenvalue weighted by Crippen LogP contribution is 2.36. The molecule has 1 unspecified atom stereocenters. The molecule has 2 aromatic heterocycles. The first-order chi connectivity index (χ1) is 11.1. The van der Waals surface area contributed by atoms with Gasteiger partial charge in [0.25, 0.3) is 0 Å². The Morgan fingerprint density at radius 1 is 1.13 bits per heavy atom. The fraction of sp³-hybridized carbons (Fsp3) is 0.238. The van der Waals surface area contributed by atoms with E-state index >= 15 is 0 Å². The van der Waals surface area contributed by atoms with Crippen LogP contribution in [0.25, 0.3) is 0 Å². The highest BCUT2D eigenvalue weighted by Gasteiger charge is 2.33. The molecule has 0 radical (unpaired) electrons. The Morgan fingerprint density at radius 3 is 2.48 bits per heavy atom. The molecule has 0 fully saturated rings. The molecular formula is C21H24N2. The molecule has 0 aliphatic carbocycles. The molecule has 2 aromatic rings. The van der Waals surface area contributed by atoms with Gasteiger partial charge in [-0.1, -0.05) is 55.5 Å². The molecule has 0 amide bonds. The lowest BCUT2D eigenvalue weighted by Gasteiger charge is -2.30. The highest BCUT2D eigenvalue weighted by atomic mass is 14.8. The predicted octanol–water partition coefficient (Wildman–Crippen LogP) is 5.03. The Kier molecular flexibility index (Phi) is 5.64. The summed E-state index contributed by atoms with van der Waals surface area (Å²) in [6, 6.07) is 10.3. The number of hydrogen-bond acceptors (Lipinski definition) is 2. The molecular weight excluding hydrogens is 280 g/mol. The van der Waals surface area contributed by atoms with Crippen LogP contribution < -0.4 is 0 Å². The lowest BCUT2D eigenvalue weighted by atomic mass is 9.75. The van der Waals surface area contributed by atoms with Crippen LogP contribution in [0.5, 0.6) is 0 Å². The van der Waals surface area contributed by atoms with Crippen LogP contribution in [0.2, 0.25) is 0 Å². The summed E-state index contributed by atoms with van der Waals surface area (Å²) >= 11 is 0. The maximum atomic E-state index is 4.72. The van der Waals surface area contributed by atoms with Crippen molar-refractivity contribution < 1.29 is 0 Å². The van der Waals surface area contributed by atoms with Gasteiger partial charge >= 0.3 is 0 Å². The van der Waals surface area contributed by atoms with Gasteiger partial charge in [0.2, 0.25) is 0 Å². The van der Waals surface area contributed by atoms with Crippen LogP contribution in [-0.2, 0) is 11.8 Å². The second kappa shape index (κ2) is 7.68. The molecule has 1 atom stereocenters. The molecule has 2 nitrogen and oxygen atoms in total. The summed E-state index contributed by atoms with van der Waals surface area (Å²) < 4.78 is 0. The molecule has 2 heteroatoms. The Hall–Kier alpha value is -2.48. The molecule has 0 bridgehead atoms. The third-order valence-corrected chi connectivity index (χ3v) is 4.30. The quantitative estimate of drug-likeness (QED) is 0.699. The molecule has 0 spiro atoms. The van der Waals surface area contributed by atoms with Crippen molar-refractivity contribution in [3.63, 3.8) is 0 Å². The maximum absolute atomic E-state index is 4.72. The zero-order valence-corrected chi connectivity index (χ0v) is 14.2. The minimum absolute atomic E-state index is 0.362. The summed E-state index contributed by atoms with van der Waals surface area (Å²) in [5.41, 5.74) is 4.07. The van der Waals surface area contributed by atoms with E-state index in [1.807, 2.05) is 36.7 Å². The first kappa shape index (κ1) is 16.9. The molecule has 0 aliphatic heterocycles. The van der Waals surface area contributed by atoms with Gasteiger partial charge in [-0.15, -0.1) is 0 Å². The monoisotopic (exact) mass is 304 g/mol. The average molecular weight is 304 g/mol. The summed E-state index contributed by atoms with van der Waals surface area (Å²) in [6.07, 6.45) is 12.6. The second-order valence-corrected chi connectivity index (χ2v) is 5.72. The van der Waals surface area contributed by atoms with E-state index in [0.717, 1.165) is 17.8 Å². The SMILES string of the molecule is C=C/C=C\C=C(/C)C(C)(c1ccccn1)c1ccc(CC)cn1. The van der Waals surface area contributed by atoms with Crippen molar-refractivity contribution in [1.82, 2.24) is 9.97 Å². The lowest BCUT2D eigenvalue weighted by Crippen LogP contribution is -2.27. The van der Waals surface area contributed by atoms with Gasteiger partial charge in [-0.3, -0.25) is 9.97 Å². The predicted molar refractivity (Wildman–Crippen MR) is 97.4 cm³/mol. The third-order valence-electron chi connectivity index (χ3n) is 4.30. The van der Waals surface area contributed by atoms with E-state index in [2.05, 4.69) is 56.6 Å². The number of aryl methyl sites for hydroxylation is 1. The zero-order valence-electron chi connectivity index (χ0n) is 14.2. The van der Waals surface area contributed by atoms with Crippen molar-refractivity contribution in [3.05, 3.63) is 96.1 Å². The summed E-state index contributed by atoms with van der Waals surface area (Å²) in [7, 11) is 0. The molecule has 0 saturated heterocycles. The van der Waals surface area contributed by atoms with Gasteiger partial charge in [0.15, 0.2) is 0 Å². The summed E-state index contributed by atoms with van der Waals surface area (Å²) in [4.78, 5) is 9.32. The normalized spacial score (nSPS) is 14.7. The van der Waals surface area contributed by atoms with Gasteiger partial charge in [0, 0.05) is 12.4 Å². The van der Waals surface area contributed by atoms with Crippen molar-refractivity contribution >= 4 is 0 Å². The standard InChI is InChI=1S/C21H24N2/c1-5-7-8-11-17(3)21(4,19-12-9-10-15-22-19)20-14-13-18(6-2)16-23-20/h5,7-16H,1,6H2,2-4H3/b8-7-,17-11+.